The SMILES string of the molecule is C=C(C)C(=O)NCCCc1nc2ccccc2n1CC(=O)N(c1c(C)cccc1CC)C(C)COC. The highest BCUT2D eigenvalue weighted by Gasteiger charge is 2.27. The molecule has 7 nitrogen and oxygen atoms in total. The van der Waals surface area contributed by atoms with E-state index in [1.165, 1.54) is 0 Å². The summed E-state index contributed by atoms with van der Waals surface area (Å²) in [7, 11) is 1.66. The van der Waals surface area contributed by atoms with Crippen molar-refractivity contribution in [3.8, 4) is 0 Å². The van der Waals surface area contributed by atoms with Crippen LogP contribution in [0, 0.1) is 6.92 Å². The number of nitrogens with one attached hydrogen (secondary N) is 1. The van der Waals surface area contributed by atoms with E-state index in [1.54, 1.807) is 14.0 Å². The lowest BCUT2D eigenvalue weighted by atomic mass is 10.0. The van der Waals surface area contributed by atoms with E-state index in [4.69, 9.17) is 9.72 Å². The Labute approximate surface area is 214 Å². The van der Waals surface area contributed by atoms with Crippen molar-refractivity contribution in [2.45, 2.75) is 59.5 Å². The van der Waals surface area contributed by atoms with Gasteiger partial charge in [0.2, 0.25) is 11.8 Å². The number of methoxy groups -OCH3 is 1. The quantitative estimate of drug-likeness (QED) is 0.297. The third-order valence-corrected chi connectivity index (χ3v) is 6.34. The number of aryl methyl sites for hydroxylation is 3. The molecule has 1 heterocycles. The number of anilines is 1. The molecule has 7 heteroatoms. The number of fused-ring (bicyclic) bond motifs is 1. The van der Waals surface area contributed by atoms with Crippen molar-refractivity contribution in [3.05, 3.63) is 71.6 Å². The molecular weight excluding hydrogens is 452 g/mol. The Bertz CT molecular complexity index is 1230. The summed E-state index contributed by atoms with van der Waals surface area (Å²) in [6.07, 6.45) is 2.17. The minimum Gasteiger partial charge on any atom is -0.383 e. The zero-order chi connectivity index (χ0) is 26.2. The summed E-state index contributed by atoms with van der Waals surface area (Å²) >= 11 is 0. The predicted octanol–water partition coefficient (Wildman–Crippen LogP) is 4.60. The van der Waals surface area contributed by atoms with Gasteiger partial charge in [-0.2, -0.15) is 0 Å². The number of hydrogen-bond acceptors (Lipinski definition) is 4. The molecule has 0 bridgehead atoms. The highest BCUT2D eigenvalue weighted by Crippen LogP contribution is 2.29. The number of imidazole rings is 1. The van der Waals surface area contributed by atoms with Crippen LogP contribution in [0.25, 0.3) is 11.0 Å². The number of rotatable bonds is 12. The molecule has 0 spiro atoms. The van der Waals surface area contributed by atoms with Crippen molar-refractivity contribution in [2.75, 3.05) is 25.2 Å². The van der Waals surface area contributed by atoms with Crippen LogP contribution in [0.5, 0.6) is 0 Å². The lowest BCUT2D eigenvalue weighted by molar-refractivity contribution is -0.120. The molecule has 1 N–H and O–H groups in total. The van der Waals surface area contributed by atoms with E-state index < -0.39 is 0 Å². The first kappa shape index (κ1) is 27.1. The molecule has 0 saturated carbocycles. The van der Waals surface area contributed by atoms with Gasteiger partial charge in [-0.15, -0.1) is 0 Å². The van der Waals surface area contributed by atoms with E-state index in [-0.39, 0.29) is 24.4 Å². The summed E-state index contributed by atoms with van der Waals surface area (Å²) in [5, 5.41) is 2.87. The lowest BCUT2D eigenvalue weighted by Crippen LogP contribution is -2.44. The van der Waals surface area contributed by atoms with Crippen LogP contribution in [-0.4, -0.2) is 47.7 Å². The lowest BCUT2D eigenvalue weighted by Gasteiger charge is -2.32. The summed E-state index contributed by atoms with van der Waals surface area (Å²) in [6.45, 7) is 12.7. The summed E-state index contributed by atoms with van der Waals surface area (Å²) in [6, 6.07) is 13.9. The Kier molecular flexibility index (Phi) is 9.42. The third kappa shape index (κ3) is 6.21. The van der Waals surface area contributed by atoms with E-state index >= 15 is 0 Å². The van der Waals surface area contributed by atoms with Crippen molar-refractivity contribution in [3.63, 3.8) is 0 Å². The van der Waals surface area contributed by atoms with E-state index in [2.05, 4.69) is 24.9 Å². The van der Waals surface area contributed by atoms with Crippen LogP contribution < -0.4 is 10.2 Å². The Morgan fingerprint density at radius 2 is 1.94 bits per heavy atom. The Hall–Kier alpha value is -3.45. The second kappa shape index (κ2) is 12.5. The standard InChI is InChI=1S/C29H38N4O3/c1-7-23-13-10-12-21(4)28(23)33(22(5)19-36-6)27(34)18-32-25-15-9-8-14-24(25)31-26(32)16-11-17-30-29(35)20(2)3/h8-10,12-15,22H,2,7,11,16-19H2,1,3-6H3,(H,30,35). The molecule has 1 atom stereocenters. The summed E-state index contributed by atoms with van der Waals surface area (Å²) in [5.41, 5.74) is 5.42. The molecule has 2 aromatic carbocycles. The Balaban J connectivity index is 1.93. The molecule has 0 aliphatic carbocycles. The van der Waals surface area contributed by atoms with Crippen LogP contribution in [0.2, 0.25) is 0 Å². The highest BCUT2D eigenvalue weighted by atomic mass is 16.5. The van der Waals surface area contributed by atoms with Crippen LogP contribution in [-0.2, 0) is 33.7 Å². The van der Waals surface area contributed by atoms with Gasteiger partial charge in [0.05, 0.1) is 29.4 Å². The van der Waals surface area contributed by atoms with Gasteiger partial charge in [-0.25, -0.2) is 4.98 Å². The van der Waals surface area contributed by atoms with Crippen LogP contribution >= 0.6 is 0 Å². The Morgan fingerprint density at radius 1 is 1.19 bits per heavy atom. The number of hydrogen-bond donors (Lipinski definition) is 1. The van der Waals surface area contributed by atoms with Crippen molar-refractivity contribution in [1.29, 1.82) is 0 Å². The normalized spacial score (nSPS) is 11.9. The van der Waals surface area contributed by atoms with E-state index in [9.17, 15) is 9.59 Å². The van der Waals surface area contributed by atoms with Crippen molar-refractivity contribution in [2.24, 2.45) is 0 Å². The number of benzene rings is 2. The number of ether oxygens (including phenoxy) is 1. The van der Waals surface area contributed by atoms with Gasteiger partial charge in [-0.1, -0.05) is 43.8 Å². The number of amides is 2. The van der Waals surface area contributed by atoms with Gasteiger partial charge in [-0.05, 0) is 56.9 Å². The molecule has 0 saturated heterocycles. The van der Waals surface area contributed by atoms with Crippen LogP contribution in [0.4, 0.5) is 5.69 Å². The topological polar surface area (TPSA) is 76.5 Å². The number of carbonyl (C=O) groups is 2. The van der Waals surface area contributed by atoms with Gasteiger partial charge in [-0.3, -0.25) is 9.59 Å². The predicted molar refractivity (Wildman–Crippen MR) is 145 cm³/mol. The fraction of sp³-hybridized carbons (Fsp3) is 0.414. The zero-order valence-electron chi connectivity index (χ0n) is 22.1. The van der Waals surface area contributed by atoms with E-state index in [0.29, 0.717) is 31.6 Å². The van der Waals surface area contributed by atoms with Crippen molar-refractivity contribution >= 4 is 28.5 Å². The molecule has 0 aliphatic heterocycles. The molecule has 0 aliphatic rings. The van der Waals surface area contributed by atoms with E-state index in [1.807, 2.05) is 59.7 Å². The zero-order valence-corrected chi connectivity index (χ0v) is 22.1. The molecule has 0 fully saturated rings. The molecule has 2 amide bonds. The van der Waals surface area contributed by atoms with Crippen LogP contribution in [0.1, 0.15) is 44.1 Å². The van der Waals surface area contributed by atoms with Crippen molar-refractivity contribution < 1.29 is 14.3 Å². The maximum atomic E-state index is 14.0. The van der Waals surface area contributed by atoms with Crippen LogP contribution in [0.3, 0.4) is 0 Å². The molecule has 1 unspecified atom stereocenters. The fourth-order valence-electron chi connectivity index (χ4n) is 4.56. The van der Waals surface area contributed by atoms with Gasteiger partial charge in [0, 0.05) is 25.6 Å². The first-order valence-corrected chi connectivity index (χ1v) is 12.6. The molecular formula is C29H38N4O3. The number of para-hydroxylation sites is 3. The summed E-state index contributed by atoms with van der Waals surface area (Å²) in [5.74, 6) is 0.670. The second-order valence-corrected chi connectivity index (χ2v) is 9.25. The van der Waals surface area contributed by atoms with Gasteiger partial charge in [0.1, 0.15) is 12.4 Å². The highest BCUT2D eigenvalue weighted by molar-refractivity contribution is 5.96. The fourth-order valence-corrected chi connectivity index (χ4v) is 4.56. The third-order valence-electron chi connectivity index (χ3n) is 6.34. The molecule has 3 rings (SSSR count). The first-order chi connectivity index (χ1) is 17.3. The molecule has 192 valence electrons. The molecule has 1 aromatic heterocycles. The van der Waals surface area contributed by atoms with Gasteiger partial charge in [0.15, 0.2) is 0 Å². The number of nitrogens with zero attached hydrogens (tertiary/aromatic N) is 3. The summed E-state index contributed by atoms with van der Waals surface area (Å²) < 4.78 is 7.46. The molecule has 36 heavy (non-hydrogen) atoms. The maximum Gasteiger partial charge on any atom is 0.247 e. The van der Waals surface area contributed by atoms with E-state index in [0.717, 1.165) is 40.1 Å². The minimum absolute atomic E-state index is 0.0106. The monoisotopic (exact) mass is 490 g/mol. The van der Waals surface area contributed by atoms with Gasteiger partial charge < -0.3 is 19.5 Å². The largest absolute Gasteiger partial charge is 0.383 e. The second-order valence-electron chi connectivity index (χ2n) is 9.25. The smallest absolute Gasteiger partial charge is 0.247 e. The Morgan fingerprint density at radius 3 is 2.64 bits per heavy atom. The molecule has 3 aromatic rings. The molecule has 0 radical (unpaired) electrons. The average molecular weight is 491 g/mol. The number of carbonyl (C=O) groups excluding carboxylic acids is 2. The minimum atomic E-state index is -0.147. The first-order valence-electron chi connectivity index (χ1n) is 12.6. The maximum absolute atomic E-state index is 14.0. The number of aromatic nitrogens is 2. The average Bonchev–Trinajstić information content (AvgIpc) is 3.20. The van der Waals surface area contributed by atoms with Gasteiger partial charge in [0.25, 0.3) is 0 Å². The summed E-state index contributed by atoms with van der Waals surface area (Å²) in [4.78, 5) is 32.5. The van der Waals surface area contributed by atoms with Crippen molar-refractivity contribution in [1.82, 2.24) is 14.9 Å². The van der Waals surface area contributed by atoms with Gasteiger partial charge >= 0.3 is 0 Å². The van der Waals surface area contributed by atoms with Crippen LogP contribution in [0.15, 0.2) is 54.6 Å².